The average molecular weight is 349 g/mol. The second-order valence-corrected chi connectivity index (χ2v) is 7.48. The van der Waals surface area contributed by atoms with Crippen LogP contribution in [0.25, 0.3) is 0 Å². The summed E-state index contributed by atoms with van der Waals surface area (Å²) in [5, 5.41) is 4.02. The van der Waals surface area contributed by atoms with Crippen LogP contribution in [0.2, 0.25) is 0 Å². The van der Waals surface area contributed by atoms with Crippen molar-refractivity contribution in [3.05, 3.63) is 39.4 Å². The normalized spacial score (nSPS) is 19.6. The van der Waals surface area contributed by atoms with Gasteiger partial charge in [0.25, 0.3) is 0 Å². The Morgan fingerprint density at radius 3 is 2.75 bits per heavy atom. The Balaban J connectivity index is 0.000000815. The molecule has 0 atom stereocenters. The molecular formula is C19H28N2O2S. The van der Waals surface area contributed by atoms with Crippen molar-refractivity contribution in [2.45, 2.75) is 58.6 Å². The van der Waals surface area contributed by atoms with E-state index in [-0.39, 0.29) is 5.60 Å². The van der Waals surface area contributed by atoms with Gasteiger partial charge in [-0.3, -0.25) is 4.90 Å². The SMILES string of the molecule is CC.CCc1cc2c(s1)CCOC21CCN(Cc2ccon2)CC1. The molecule has 0 unspecified atom stereocenters. The second kappa shape index (κ2) is 7.81. The van der Waals surface area contributed by atoms with E-state index in [0.717, 1.165) is 57.6 Å². The summed E-state index contributed by atoms with van der Waals surface area (Å²) in [5.74, 6) is 0. The molecule has 0 N–H and O–H groups in total. The molecule has 1 saturated heterocycles. The van der Waals surface area contributed by atoms with Gasteiger partial charge in [-0.1, -0.05) is 25.9 Å². The van der Waals surface area contributed by atoms with E-state index in [2.05, 4.69) is 23.0 Å². The fourth-order valence-corrected chi connectivity index (χ4v) is 4.86. The lowest BCUT2D eigenvalue weighted by Crippen LogP contribution is -2.45. The number of hydrogen-bond donors (Lipinski definition) is 0. The molecule has 24 heavy (non-hydrogen) atoms. The predicted octanol–water partition coefficient (Wildman–Crippen LogP) is 4.39. The van der Waals surface area contributed by atoms with E-state index in [9.17, 15) is 0 Å². The highest BCUT2D eigenvalue weighted by atomic mass is 32.1. The maximum absolute atomic E-state index is 6.32. The minimum absolute atomic E-state index is 0.0299. The standard InChI is InChI=1S/C17H22N2O2S.C2H6/c1-2-14-11-15-16(22-14)4-9-20-17(15)5-7-19(8-6-17)12-13-3-10-21-18-13;1-2/h3,10-11H,2,4-9,12H2,1H3;1-2H3. The van der Waals surface area contributed by atoms with Gasteiger partial charge in [-0.15, -0.1) is 11.3 Å². The smallest absolute Gasteiger partial charge is 0.124 e. The number of hydrogen-bond acceptors (Lipinski definition) is 5. The first-order valence-corrected chi connectivity index (χ1v) is 9.98. The molecule has 0 aromatic carbocycles. The number of nitrogens with zero attached hydrogens (tertiary/aromatic N) is 2. The number of aromatic nitrogens is 1. The largest absolute Gasteiger partial charge is 0.370 e. The van der Waals surface area contributed by atoms with Crippen LogP contribution in [0.5, 0.6) is 0 Å². The summed E-state index contributed by atoms with van der Waals surface area (Å²) in [6.45, 7) is 10.1. The van der Waals surface area contributed by atoms with Gasteiger partial charge >= 0.3 is 0 Å². The van der Waals surface area contributed by atoms with Crippen LogP contribution >= 0.6 is 11.3 Å². The predicted molar refractivity (Wildman–Crippen MR) is 97.4 cm³/mol. The molecule has 132 valence electrons. The molecule has 2 aliphatic heterocycles. The Morgan fingerprint density at radius 1 is 1.29 bits per heavy atom. The quantitative estimate of drug-likeness (QED) is 0.825. The van der Waals surface area contributed by atoms with Gasteiger partial charge in [0.05, 0.1) is 17.9 Å². The Kier molecular flexibility index (Phi) is 5.74. The number of aryl methyl sites for hydroxylation is 1. The van der Waals surface area contributed by atoms with Crippen LogP contribution in [0.1, 0.15) is 54.6 Å². The van der Waals surface area contributed by atoms with Crippen molar-refractivity contribution >= 4 is 11.3 Å². The van der Waals surface area contributed by atoms with Gasteiger partial charge in [0.15, 0.2) is 0 Å². The van der Waals surface area contributed by atoms with Crippen LogP contribution in [0.15, 0.2) is 22.9 Å². The summed E-state index contributed by atoms with van der Waals surface area (Å²) in [6, 6.07) is 4.36. The Hall–Kier alpha value is -1.17. The van der Waals surface area contributed by atoms with Crippen molar-refractivity contribution in [1.29, 1.82) is 0 Å². The molecule has 4 nitrogen and oxygen atoms in total. The molecule has 2 aromatic heterocycles. The maximum atomic E-state index is 6.32. The van der Waals surface area contributed by atoms with Gasteiger partial charge < -0.3 is 9.26 Å². The van der Waals surface area contributed by atoms with E-state index in [0.29, 0.717) is 0 Å². The van der Waals surface area contributed by atoms with Crippen molar-refractivity contribution in [2.24, 2.45) is 0 Å². The highest BCUT2D eigenvalue weighted by Crippen LogP contribution is 2.44. The first kappa shape index (κ1) is 17.6. The number of ether oxygens (including phenoxy) is 1. The Morgan fingerprint density at radius 2 is 2.08 bits per heavy atom. The van der Waals surface area contributed by atoms with Gasteiger partial charge in [0.2, 0.25) is 0 Å². The van der Waals surface area contributed by atoms with Crippen LogP contribution in [0.4, 0.5) is 0 Å². The molecule has 2 aromatic rings. The van der Waals surface area contributed by atoms with E-state index >= 15 is 0 Å². The van der Waals surface area contributed by atoms with E-state index in [1.807, 2.05) is 31.3 Å². The monoisotopic (exact) mass is 348 g/mol. The van der Waals surface area contributed by atoms with Gasteiger partial charge in [-0.05, 0) is 30.9 Å². The summed E-state index contributed by atoms with van der Waals surface area (Å²) in [6.07, 6.45) is 6.03. The molecule has 4 heterocycles. The third kappa shape index (κ3) is 3.44. The van der Waals surface area contributed by atoms with Crippen molar-refractivity contribution in [3.63, 3.8) is 0 Å². The number of thiophene rings is 1. The molecule has 2 aliphatic rings. The summed E-state index contributed by atoms with van der Waals surface area (Å²) in [4.78, 5) is 5.52. The fraction of sp³-hybridized carbons (Fsp3) is 0.632. The number of piperidine rings is 1. The lowest BCUT2D eigenvalue weighted by molar-refractivity contribution is -0.0982. The second-order valence-electron chi connectivity index (χ2n) is 6.26. The molecule has 1 spiro atoms. The molecule has 5 heteroatoms. The fourth-order valence-electron chi connectivity index (χ4n) is 3.68. The number of likely N-dealkylation sites (tertiary alicyclic amines) is 1. The molecule has 0 radical (unpaired) electrons. The third-order valence-corrected chi connectivity index (χ3v) is 6.29. The van der Waals surface area contributed by atoms with Gasteiger partial charge in [0, 0.05) is 41.9 Å². The molecular weight excluding hydrogens is 320 g/mol. The third-order valence-electron chi connectivity index (χ3n) is 4.95. The average Bonchev–Trinajstić information content (AvgIpc) is 3.29. The van der Waals surface area contributed by atoms with Crippen LogP contribution in [-0.2, 0) is 29.7 Å². The zero-order valence-electron chi connectivity index (χ0n) is 15.0. The van der Waals surface area contributed by atoms with Crippen molar-refractivity contribution < 1.29 is 9.26 Å². The van der Waals surface area contributed by atoms with Crippen LogP contribution in [0, 0.1) is 0 Å². The molecule has 4 rings (SSSR count). The summed E-state index contributed by atoms with van der Waals surface area (Å²) >= 11 is 1.99. The summed E-state index contributed by atoms with van der Waals surface area (Å²) in [7, 11) is 0. The van der Waals surface area contributed by atoms with Gasteiger partial charge in [-0.2, -0.15) is 0 Å². The lowest BCUT2D eigenvalue weighted by Gasteiger charge is -2.44. The van der Waals surface area contributed by atoms with E-state index in [1.54, 1.807) is 11.1 Å². The summed E-state index contributed by atoms with van der Waals surface area (Å²) < 4.78 is 11.2. The number of fused-ring (bicyclic) bond motifs is 2. The summed E-state index contributed by atoms with van der Waals surface area (Å²) in [5.41, 5.74) is 2.48. The number of rotatable bonds is 3. The Labute approximate surface area is 148 Å². The molecule has 0 aliphatic carbocycles. The molecule has 0 amide bonds. The van der Waals surface area contributed by atoms with Gasteiger partial charge in [-0.25, -0.2) is 0 Å². The highest BCUT2D eigenvalue weighted by Gasteiger charge is 2.41. The highest BCUT2D eigenvalue weighted by molar-refractivity contribution is 7.12. The van der Waals surface area contributed by atoms with Crippen LogP contribution in [0.3, 0.4) is 0 Å². The van der Waals surface area contributed by atoms with Crippen LogP contribution < -0.4 is 0 Å². The van der Waals surface area contributed by atoms with E-state index in [1.165, 1.54) is 10.4 Å². The van der Waals surface area contributed by atoms with Crippen LogP contribution in [-0.4, -0.2) is 29.8 Å². The minimum atomic E-state index is -0.0299. The van der Waals surface area contributed by atoms with E-state index in [4.69, 9.17) is 9.26 Å². The first-order valence-electron chi connectivity index (χ1n) is 9.17. The van der Waals surface area contributed by atoms with Crippen molar-refractivity contribution in [3.8, 4) is 0 Å². The molecule has 1 fully saturated rings. The van der Waals surface area contributed by atoms with Crippen molar-refractivity contribution in [2.75, 3.05) is 19.7 Å². The zero-order valence-corrected chi connectivity index (χ0v) is 15.8. The molecule has 0 bridgehead atoms. The first-order chi connectivity index (χ1) is 11.8. The minimum Gasteiger partial charge on any atom is -0.370 e. The maximum Gasteiger partial charge on any atom is 0.124 e. The molecule has 0 saturated carbocycles. The zero-order chi connectivity index (χ0) is 17.0. The lowest BCUT2D eigenvalue weighted by atomic mass is 9.82. The topological polar surface area (TPSA) is 38.5 Å². The van der Waals surface area contributed by atoms with Crippen molar-refractivity contribution in [1.82, 2.24) is 10.1 Å². The van der Waals surface area contributed by atoms with E-state index < -0.39 is 0 Å². The van der Waals surface area contributed by atoms with Gasteiger partial charge in [0.1, 0.15) is 6.26 Å². The Bertz CT molecular complexity index is 628.